The molecule has 1 heterocycles. The summed E-state index contributed by atoms with van der Waals surface area (Å²) in [6, 6.07) is 16.3. The summed E-state index contributed by atoms with van der Waals surface area (Å²) >= 11 is 0. The minimum Gasteiger partial charge on any atom is -0.325 e. The van der Waals surface area contributed by atoms with Gasteiger partial charge in [-0.15, -0.1) is 0 Å². The fraction of sp³-hybridized carbons (Fsp3) is 0.435. The molecule has 1 saturated heterocycles. The molecule has 0 aromatic heterocycles. The van der Waals surface area contributed by atoms with Crippen LogP contribution in [-0.2, 0) is 14.8 Å². The van der Waals surface area contributed by atoms with Crippen molar-refractivity contribution in [3.63, 3.8) is 0 Å². The minimum atomic E-state index is -3.73. The number of carbonyl (C=O) groups excluding carboxylic acids is 1. The van der Waals surface area contributed by atoms with E-state index in [1.165, 1.54) is 23.5 Å². The summed E-state index contributed by atoms with van der Waals surface area (Å²) in [4.78, 5) is 14.8. The Morgan fingerprint density at radius 2 is 1.77 bits per heavy atom. The van der Waals surface area contributed by atoms with E-state index in [0.717, 1.165) is 25.9 Å². The van der Waals surface area contributed by atoms with Crippen LogP contribution in [0.4, 0.5) is 11.4 Å². The van der Waals surface area contributed by atoms with Crippen LogP contribution in [-0.4, -0.2) is 58.0 Å². The lowest BCUT2D eigenvalue weighted by atomic mass is 10.0. The Balaban J connectivity index is 1.60. The van der Waals surface area contributed by atoms with Gasteiger partial charge in [0.2, 0.25) is 5.91 Å². The summed E-state index contributed by atoms with van der Waals surface area (Å²) < 4.78 is 27.2. The number of carbonyl (C=O) groups is 1. The van der Waals surface area contributed by atoms with Crippen LogP contribution in [0.5, 0.6) is 0 Å². The highest BCUT2D eigenvalue weighted by Gasteiger charge is 2.23. The molecule has 1 fully saturated rings. The highest BCUT2D eigenvalue weighted by Crippen LogP contribution is 2.23. The highest BCUT2D eigenvalue weighted by atomic mass is 32.2. The van der Waals surface area contributed by atoms with E-state index in [0.29, 0.717) is 30.0 Å². The van der Waals surface area contributed by atoms with Crippen molar-refractivity contribution in [1.29, 1.82) is 0 Å². The standard InChI is InChI=1S/C23H32N4O3S/c1-18(2)24-19-12-14-27(15-13-19)17-23(28)25-20-8-7-11-22(16-20)31(29,30)26(3)21-9-5-4-6-10-21/h4-11,16,18-19,24H,12-15,17H2,1-3H3,(H,25,28). The number of amides is 1. The van der Waals surface area contributed by atoms with Crippen LogP contribution < -0.4 is 14.9 Å². The molecule has 2 N–H and O–H groups in total. The monoisotopic (exact) mass is 444 g/mol. The maximum absolute atomic E-state index is 13.0. The maximum Gasteiger partial charge on any atom is 0.264 e. The number of sulfonamides is 1. The Morgan fingerprint density at radius 3 is 2.42 bits per heavy atom. The molecule has 2 aromatic carbocycles. The van der Waals surface area contributed by atoms with Gasteiger partial charge in [-0.25, -0.2) is 8.42 Å². The predicted molar refractivity (Wildman–Crippen MR) is 125 cm³/mol. The third-order valence-corrected chi connectivity index (χ3v) is 7.20. The molecule has 0 atom stereocenters. The van der Waals surface area contributed by atoms with Crippen molar-refractivity contribution in [1.82, 2.24) is 10.2 Å². The molecule has 0 aliphatic carbocycles. The number of likely N-dealkylation sites (tertiary alicyclic amines) is 1. The lowest BCUT2D eigenvalue weighted by Crippen LogP contribution is -2.46. The first-order chi connectivity index (χ1) is 14.8. The zero-order chi connectivity index (χ0) is 22.4. The van der Waals surface area contributed by atoms with Crippen molar-refractivity contribution in [3.8, 4) is 0 Å². The summed E-state index contributed by atoms with van der Waals surface area (Å²) in [6.07, 6.45) is 2.04. The summed E-state index contributed by atoms with van der Waals surface area (Å²) in [5.74, 6) is -0.138. The van der Waals surface area contributed by atoms with Crippen molar-refractivity contribution < 1.29 is 13.2 Å². The van der Waals surface area contributed by atoms with Crippen LogP contribution in [0, 0.1) is 0 Å². The van der Waals surface area contributed by atoms with Gasteiger partial charge in [0.15, 0.2) is 0 Å². The van der Waals surface area contributed by atoms with E-state index in [9.17, 15) is 13.2 Å². The lowest BCUT2D eigenvalue weighted by Gasteiger charge is -2.32. The lowest BCUT2D eigenvalue weighted by molar-refractivity contribution is -0.117. The number of hydrogen-bond donors (Lipinski definition) is 2. The van der Waals surface area contributed by atoms with E-state index in [1.807, 2.05) is 6.07 Å². The average molecular weight is 445 g/mol. The van der Waals surface area contributed by atoms with Crippen molar-refractivity contribution in [3.05, 3.63) is 54.6 Å². The number of para-hydroxylation sites is 1. The Labute approximate surface area is 185 Å². The summed E-state index contributed by atoms with van der Waals surface area (Å²) in [5, 5.41) is 6.39. The van der Waals surface area contributed by atoms with Gasteiger partial charge in [-0.3, -0.25) is 14.0 Å². The van der Waals surface area contributed by atoms with Gasteiger partial charge in [-0.1, -0.05) is 38.1 Å². The highest BCUT2D eigenvalue weighted by molar-refractivity contribution is 7.92. The number of anilines is 2. The number of hydrogen-bond acceptors (Lipinski definition) is 5. The van der Waals surface area contributed by atoms with Gasteiger partial charge in [0, 0.05) is 37.9 Å². The molecule has 31 heavy (non-hydrogen) atoms. The third-order valence-electron chi connectivity index (χ3n) is 5.42. The van der Waals surface area contributed by atoms with Gasteiger partial charge in [0.05, 0.1) is 17.1 Å². The summed E-state index contributed by atoms with van der Waals surface area (Å²) in [7, 11) is -2.21. The average Bonchev–Trinajstić information content (AvgIpc) is 2.75. The van der Waals surface area contributed by atoms with Crippen molar-refractivity contribution in [2.75, 3.05) is 36.3 Å². The van der Waals surface area contributed by atoms with Gasteiger partial charge in [0.25, 0.3) is 10.0 Å². The Kier molecular flexibility index (Phi) is 7.69. The van der Waals surface area contributed by atoms with Gasteiger partial charge in [-0.05, 0) is 43.2 Å². The van der Waals surface area contributed by atoms with Gasteiger partial charge in [-0.2, -0.15) is 0 Å². The Hall–Kier alpha value is -2.42. The third kappa shape index (κ3) is 6.29. The van der Waals surface area contributed by atoms with Crippen molar-refractivity contribution >= 4 is 27.3 Å². The van der Waals surface area contributed by atoms with E-state index in [-0.39, 0.29) is 10.8 Å². The van der Waals surface area contributed by atoms with E-state index >= 15 is 0 Å². The van der Waals surface area contributed by atoms with Crippen LogP contribution in [0.1, 0.15) is 26.7 Å². The molecule has 1 amide bonds. The molecule has 0 saturated carbocycles. The van der Waals surface area contributed by atoms with E-state index in [2.05, 4.69) is 29.4 Å². The van der Waals surface area contributed by atoms with Crippen molar-refractivity contribution in [2.45, 2.75) is 43.7 Å². The number of nitrogens with one attached hydrogen (secondary N) is 2. The van der Waals surface area contributed by atoms with Gasteiger partial charge in [0.1, 0.15) is 0 Å². The van der Waals surface area contributed by atoms with Gasteiger partial charge < -0.3 is 10.6 Å². The van der Waals surface area contributed by atoms with Gasteiger partial charge >= 0.3 is 0 Å². The van der Waals surface area contributed by atoms with E-state index < -0.39 is 10.0 Å². The van der Waals surface area contributed by atoms with Crippen LogP contribution in [0.25, 0.3) is 0 Å². The normalized spacial score (nSPS) is 15.7. The first-order valence-corrected chi connectivity index (χ1v) is 12.1. The Bertz CT molecular complexity index is 971. The van der Waals surface area contributed by atoms with Crippen molar-refractivity contribution in [2.24, 2.45) is 0 Å². The van der Waals surface area contributed by atoms with Crippen LogP contribution >= 0.6 is 0 Å². The topological polar surface area (TPSA) is 81.8 Å². The zero-order valence-corrected chi connectivity index (χ0v) is 19.2. The smallest absolute Gasteiger partial charge is 0.264 e. The molecule has 1 aliphatic rings. The second kappa shape index (κ2) is 10.3. The largest absolute Gasteiger partial charge is 0.325 e. The molecule has 0 radical (unpaired) electrons. The van der Waals surface area contributed by atoms with E-state index in [1.54, 1.807) is 36.4 Å². The molecular formula is C23H32N4O3S. The number of piperidine rings is 1. The maximum atomic E-state index is 13.0. The molecule has 8 heteroatoms. The number of benzene rings is 2. The summed E-state index contributed by atoms with van der Waals surface area (Å²) in [6.45, 7) is 6.33. The molecule has 2 aromatic rings. The quantitative estimate of drug-likeness (QED) is 0.654. The van der Waals surface area contributed by atoms with Crippen LogP contribution in [0.15, 0.2) is 59.5 Å². The summed E-state index contributed by atoms with van der Waals surface area (Å²) in [5.41, 5.74) is 1.05. The SMILES string of the molecule is CC(C)NC1CCN(CC(=O)Nc2cccc(S(=O)(=O)N(C)c3ccccc3)c2)CC1. The van der Waals surface area contributed by atoms with Crippen LogP contribution in [0.3, 0.4) is 0 Å². The number of rotatable bonds is 8. The molecule has 0 unspecified atom stereocenters. The molecule has 3 rings (SSSR count). The first kappa shape index (κ1) is 23.2. The molecule has 1 aliphatic heterocycles. The fourth-order valence-electron chi connectivity index (χ4n) is 3.80. The second-order valence-corrected chi connectivity index (χ2v) is 10.2. The second-order valence-electron chi connectivity index (χ2n) is 8.26. The Morgan fingerprint density at radius 1 is 1.10 bits per heavy atom. The molecule has 168 valence electrons. The molecule has 0 spiro atoms. The molecule has 0 bridgehead atoms. The van der Waals surface area contributed by atoms with Crippen LogP contribution in [0.2, 0.25) is 0 Å². The number of nitrogens with zero attached hydrogens (tertiary/aromatic N) is 2. The van der Waals surface area contributed by atoms with E-state index in [4.69, 9.17) is 0 Å². The molecule has 7 nitrogen and oxygen atoms in total. The fourth-order valence-corrected chi connectivity index (χ4v) is 5.04. The first-order valence-electron chi connectivity index (χ1n) is 10.7. The molecular weight excluding hydrogens is 412 g/mol. The minimum absolute atomic E-state index is 0.136. The predicted octanol–water partition coefficient (Wildman–Crippen LogP) is 2.91. The zero-order valence-electron chi connectivity index (χ0n) is 18.4.